The summed E-state index contributed by atoms with van der Waals surface area (Å²) in [5, 5.41) is 3.70. The first-order valence-corrected chi connectivity index (χ1v) is 7.36. The van der Waals surface area contributed by atoms with Gasteiger partial charge in [0, 0.05) is 13.1 Å². The highest BCUT2D eigenvalue weighted by Gasteiger charge is 2.07. The Morgan fingerprint density at radius 2 is 2.05 bits per heavy atom. The zero-order valence-corrected chi connectivity index (χ0v) is 12.1. The molecule has 2 aromatic rings. The fourth-order valence-electron chi connectivity index (χ4n) is 1.68. The number of nitrogens with one attached hydrogen (secondary N) is 1. The summed E-state index contributed by atoms with van der Waals surface area (Å²) in [6.07, 6.45) is 2.87. The van der Waals surface area contributed by atoms with Crippen molar-refractivity contribution in [3.05, 3.63) is 35.9 Å². The number of hydrogen-bond acceptors (Lipinski definition) is 5. The molecule has 0 aliphatic rings. The highest BCUT2D eigenvalue weighted by molar-refractivity contribution is 7.98. The molecule has 1 N–H and O–H groups in total. The van der Waals surface area contributed by atoms with Crippen molar-refractivity contribution >= 4 is 17.6 Å². The molecule has 0 atom stereocenters. The highest BCUT2D eigenvalue weighted by atomic mass is 32.2. The van der Waals surface area contributed by atoms with E-state index < -0.39 is 0 Å². The van der Waals surface area contributed by atoms with E-state index in [4.69, 9.17) is 4.74 Å². The summed E-state index contributed by atoms with van der Waals surface area (Å²) in [7, 11) is 1.83. The average molecular weight is 275 g/mol. The minimum atomic E-state index is 0.560. The summed E-state index contributed by atoms with van der Waals surface area (Å²) in [6.45, 7) is 2.11. The molecule has 19 heavy (non-hydrogen) atoms. The number of para-hydroxylation sites is 1. The van der Waals surface area contributed by atoms with E-state index in [1.54, 1.807) is 6.07 Å². The molecule has 0 unspecified atom stereocenters. The molecular weight excluding hydrogens is 258 g/mol. The van der Waals surface area contributed by atoms with Crippen LogP contribution in [0.15, 0.2) is 35.5 Å². The maximum Gasteiger partial charge on any atom is 0.225 e. The molecule has 0 saturated heterocycles. The van der Waals surface area contributed by atoms with Crippen LogP contribution in [0.25, 0.3) is 0 Å². The fourth-order valence-corrected chi connectivity index (χ4v) is 2.05. The van der Waals surface area contributed by atoms with Crippen molar-refractivity contribution in [1.29, 1.82) is 0 Å². The number of thioether (sulfide) groups is 1. The Bertz CT molecular complexity index is 538. The molecule has 1 aromatic heterocycles. The van der Waals surface area contributed by atoms with Crippen molar-refractivity contribution in [1.82, 2.24) is 9.97 Å². The van der Waals surface area contributed by atoms with E-state index in [1.807, 2.05) is 31.5 Å². The summed E-state index contributed by atoms with van der Waals surface area (Å²) >= 11 is 1.49. The Kier molecular flexibility index (Phi) is 4.63. The normalized spacial score (nSPS) is 10.3. The van der Waals surface area contributed by atoms with Gasteiger partial charge in [-0.2, -0.15) is 4.98 Å². The molecule has 0 aliphatic heterocycles. The Morgan fingerprint density at radius 1 is 1.26 bits per heavy atom. The van der Waals surface area contributed by atoms with Crippen molar-refractivity contribution in [3.63, 3.8) is 0 Å². The Morgan fingerprint density at radius 3 is 2.74 bits per heavy atom. The van der Waals surface area contributed by atoms with Crippen LogP contribution in [0.1, 0.15) is 12.5 Å². The smallest absolute Gasteiger partial charge is 0.225 e. The zero-order chi connectivity index (χ0) is 13.7. The molecule has 100 valence electrons. The van der Waals surface area contributed by atoms with Gasteiger partial charge in [-0.05, 0) is 24.3 Å². The second kappa shape index (κ2) is 6.43. The highest BCUT2D eigenvalue weighted by Crippen LogP contribution is 2.26. The van der Waals surface area contributed by atoms with E-state index >= 15 is 0 Å². The lowest BCUT2D eigenvalue weighted by atomic mass is 10.1. The van der Waals surface area contributed by atoms with Gasteiger partial charge in [0.05, 0.1) is 0 Å². The SMILES string of the molecule is CCc1ccccc1Oc1cc(NC)nc(SC)n1. The van der Waals surface area contributed by atoms with Crippen molar-refractivity contribution in [2.24, 2.45) is 0 Å². The van der Waals surface area contributed by atoms with Gasteiger partial charge in [0.25, 0.3) is 0 Å². The van der Waals surface area contributed by atoms with E-state index in [0.29, 0.717) is 11.0 Å². The van der Waals surface area contributed by atoms with Gasteiger partial charge in [-0.25, -0.2) is 4.98 Å². The van der Waals surface area contributed by atoms with Crippen LogP contribution >= 0.6 is 11.8 Å². The standard InChI is InChI=1S/C14H17N3OS/c1-4-10-7-5-6-8-11(10)18-13-9-12(15-2)16-14(17-13)19-3/h5-9H,4H2,1-3H3,(H,15,16,17). The predicted octanol–water partition coefficient (Wildman–Crippen LogP) is 3.59. The lowest BCUT2D eigenvalue weighted by molar-refractivity contribution is 0.451. The van der Waals surface area contributed by atoms with E-state index in [0.717, 1.165) is 23.6 Å². The molecular formula is C14H17N3OS. The van der Waals surface area contributed by atoms with E-state index in [1.165, 1.54) is 11.8 Å². The zero-order valence-electron chi connectivity index (χ0n) is 11.3. The van der Waals surface area contributed by atoms with Gasteiger partial charge in [0.1, 0.15) is 11.6 Å². The number of benzene rings is 1. The molecule has 1 aromatic carbocycles. The molecule has 0 spiro atoms. The molecule has 0 bridgehead atoms. The Hall–Kier alpha value is -1.75. The number of aryl methyl sites for hydroxylation is 1. The Balaban J connectivity index is 2.32. The third-order valence-electron chi connectivity index (χ3n) is 2.69. The van der Waals surface area contributed by atoms with Crippen LogP contribution in [0.2, 0.25) is 0 Å². The van der Waals surface area contributed by atoms with Crippen LogP contribution in [-0.4, -0.2) is 23.3 Å². The van der Waals surface area contributed by atoms with Crippen molar-refractivity contribution in [2.45, 2.75) is 18.5 Å². The van der Waals surface area contributed by atoms with Crippen molar-refractivity contribution < 1.29 is 4.74 Å². The summed E-state index contributed by atoms with van der Waals surface area (Å²) in [4.78, 5) is 8.68. The van der Waals surface area contributed by atoms with Gasteiger partial charge >= 0.3 is 0 Å². The summed E-state index contributed by atoms with van der Waals surface area (Å²) < 4.78 is 5.88. The van der Waals surface area contributed by atoms with Gasteiger partial charge < -0.3 is 10.1 Å². The molecule has 0 radical (unpaired) electrons. The first-order valence-electron chi connectivity index (χ1n) is 6.13. The molecule has 0 saturated carbocycles. The van der Waals surface area contributed by atoms with Crippen molar-refractivity contribution in [2.75, 3.05) is 18.6 Å². The first-order chi connectivity index (χ1) is 9.26. The second-order valence-electron chi connectivity index (χ2n) is 3.89. The molecule has 4 nitrogen and oxygen atoms in total. The lowest BCUT2D eigenvalue weighted by Gasteiger charge is -2.10. The topological polar surface area (TPSA) is 47.0 Å². The average Bonchev–Trinajstić information content (AvgIpc) is 2.47. The second-order valence-corrected chi connectivity index (χ2v) is 4.66. The molecule has 0 fully saturated rings. The predicted molar refractivity (Wildman–Crippen MR) is 79.3 cm³/mol. The van der Waals surface area contributed by atoms with Crippen LogP contribution in [0, 0.1) is 0 Å². The van der Waals surface area contributed by atoms with Gasteiger partial charge in [-0.15, -0.1) is 0 Å². The molecule has 0 amide bonds. The van der Waals surface area contributed by atoms with Gasteiger partial charge in [-0.1, -0.05) is 36.9 Å². The molecule has 5 heteroatoms. The monoisotopic (exact) mass is 275 g/mol. The van der Waals surface area contributed by atoms with E-state index in [-0.39, 0.29) is 0 Å². The van der Waals surface area contributed by atoms with Gasteiger partial charge in [-0.3, -0.25) is 0 Å². The summed E-state index contributed by atoms with van der Waals surface area (Å²) in [5.41, 5.74) is 1.16. The van der Waals surface area contributed by atoms with Crippen LogP contribution in [-0.2, 0) is 6.42 Å². The van der Waals surface area contributed by atoms with Crippen LogP contribution < -0.4 is 10.1 Å². The molecule has 0 aliphatic carbocycles. The first kappa shape index (κ1) is 13.7. The third-order valence-corrected chi connectivity index (χ3v) is 3.24. The Labute approximate surface area is 117 Å². The molecule has 2 rings (SSSR count). The number of hydrogen-bond donors (Lipinski definition) is 1. The number of anilines is 1. The van der Waals surface area contributed by atoms with Crippen molar-refractivity contribution in [3.8, 4) is 11.6 Å². The molecule has 1 heterocycles. The summed E-state index contributed by atoms with van der Waals surface area (Å²) in [6, 6.07) is 9.79. The number of aromatic nitrogens is 2. The van der Waals surface area contributed by atoms with E-state index in [2.05, 4.69) is 28.3 Å². The van der Waals surface area contributed by atoms with Gasteiger partial charge in [0.15, 0.2) is 5.16 Å². The maximum atomic E-state index is 5.88. The maximum absolute atomic E-state index is 5.88. The largest absolute Gasteiger partial charge is 0.439 e. The van der Waals surface area contributed by atoms with Gasteiger partial charge in [0.2, 0.25) is 5.88 Å². The minimum absolute atomic E-state index is 0.560. The lowest BCUT2D eigenvalue weighted by Crippen LogP contribution is -1.99. The fraction of sp³-hybridized carbons (Fsp3) is 0.286. The number of ether oxygens (including phenoxy) is 1. The third kappa shape index (κ3) is 3.38. The van der Waals surface area contributed by atoms with Crippen LogP contribution in [0.5, 0.6) is 11.6 Å². The number of nitrogens with zero attached hydrogens (tertiary/aromatic N) is 2. The quantitative estimate of drug-likeness (QED) is 0.667. The summed E-state index contributed by atoms with van der Waals surface area (Å²) in [5.74, 6) is 2.16. The van der Waals surface area contributed by atoms with Crippen LogP contribution in [0.4, 0.5) is 5.82 Å². The minimum Gasteiger partial charge on any atom is -0.439 e. The van der Waals surface area contributed by atoms with E-state index in [9.17, 15) is 0 Å². The van der Waals surface area contributed by atoms with Crippen LogP contribution in [0.3, 0.4) is 0 Å². The number of rotatable bonds is 5.